The van der Waals surface area contributed by atoms with Gasteiger partial charge in [0, 0.05) is 35.9 Å². The van der Waals surface area contributed by atoms with Crippen molar-refractivity contribution in [2.45, 2.75) is 6.61 Å². The molecule has 5 nitrogen and oxygen atoms in total. The second-order valence-electron chi connectivity index (χ2n) is 6.59. The number of hydrogen-bond acceptors (Lipinski definition) is 4. The summed E-state index contributed by atoms with van der Waals surface area (Å²) in [6.45, 7) is 0.409. The summed E-state index contributed by atoms with van der Waals surface area (Å²) < 4.78 is 5.89. The Morgan fingerprint density at radius 1 is 1.03 bits per heavy atom. The molecule has 29 heavy (non-hydrogen) atoms. The van der Waals surface area contributed by atoms with E-state index in [1.807, 2.05) is 79.7 Å². The molecule has 0 aliphatic carbocycles. The molecule has 1 N–H and O–H groups in total. The van der Waals surface area contributed by atoms with E-state index in [0.717, 1.165) is 16.8 Å². The molecule has 0 aromatic heterocycles. The van der Waals surface area contributed by atoms with Crippen molar-refractivity contribution in [3.63, 3.8) is 0 Å². The summed E-state index contributed by atoms with van der Waals surface area (Å²) in [6.07, 6.45) is 1.57. The van der Waals surface area contributed by atoms with E-state index in [9.17, 15) is 4.79 Å². The number of nitrogens with zero attached hydrogens (tertiary/aromatic N) is 2. The lowest BCUT2D eigenvalue weighted by Gasteiger charge is -2.12. The van der Waals surface area contributed by atoms with Crippen LogP contribution in [0.2, 0.25) is 5.02 Å². The molecule has 0 saturated carbocycles. The molecule has 0 unspecified atom stereocenters. The minimum absolute atomic E-state index is 0.272. The molecule has 3 aromatic carbocycles. The fourth-order valence-electron chi connectivity index (χ4n) is 2.60. The first-order valence-electron chi connectivity index (χ1n) is 9.10. The molecular weight excluding hydrogens is 386 g/mol. The Bertz CT molecular complexity index is 984. The number of amides is 1. The Morgan fingerprint density at radius 2 is 1.72 bits per heavy atom. The fourth-order valence-corrected chi connectivity index (χ4v) is 2.72. The van der Waals surface area contributed by atoms with Crippen LogP contribution in [0.25, 0.3) is 0 Å². The van der Waals surface area contributed by atoms with Crippen LogP contribution >= 0.6 is 11.6 Å². The lowest BCUT2D eigenvalue weighted by Crippen LogP contribution is -2.18. The van der Waals surface area contributed by atoms with Crippen molar-refractivity contribution in [3.05, 3.63) is 94.5 Å². The Morgan fingerprint density at radius 3 is 2.41 bits per heavy atom. The molecule has 0 spiro atoms. The van der Waals surface area contributed by atoms with Crippen molar-refractivity contribution in [3.8, 4) is 5.75 Å². The number of anilines is 1. The zero-order valence-corrected chi connectivity index (χ0v) is 17.1. The van der Waals surface area contributed by atoms with E-state index in [2.05, 4.69) is 10.5 Å². The van der Waals surface area contributed by atoms with Gasteiger partial charge in [-0.05, 0) is 54.1 Å². The summed E-state index contributed by atoms with van der Waals surface area (Å²) in [6, 6.07) is 22.3. The van der Waals surface area contributed by atoms with Crippen LogP contribution in [0.4, 0.5) is 5.69 Å². The predicted molar refractivity (Wildman–Crippen MR) is 118 cm³/mol. The van der Waals surface area contributed by atoms with Crippen LogP contribution in [-0.2, 0) is 6.61 Å². The van der Waals surface area contributed by atoms with Gasteiger partial charge in [-0.1, -0.05) is 35.9 Å². The molecule has 148 valence electrons. The fraction of sp³-hybridized carbons (Fsp3) is 0.130. The van der Waals surface area contributed by atoms with E-state index in [1.165, 1.54) is 0 Å². The van der Waals surface area contributed by atoms with Crippen LogP contribution in [0.1, 0.15) is 21.5 Å². The average molecular weight is 408 g/mol. The maximum Gasteiger partial charge on any atom is 0.271 e. The Hall–Kier alpha value is -3.31. The van der Waals surface area contributed by atoms with E-state index < -0.39 is 0 Å². The number of para-hydroxylation sites is 1. The van der Waals surface area contributed by atoms with Gasteiger partial charge >= 0.3 is 0 Å². The quantitative estimate of drug-likeness (QED) is 0.454. The number of hydrogen-bond donors (Lipinski definition) is 1. The number of halogens is 1. The minimum atomic E-state index is -0.272. The molecule has 1 amide bonds. The van der Waals surface area contributed by atoms with Gasteiger partial charge in [-0.25, -0.2) is 5.43 Å². The largest absolute Gasteiger partial charge is 0.488 e. The highest BCUT2D eigenvalue weighted by atomic mass is 35.5. The summed E-state index contributed by atoms with van der Waals surface area (Å²) in [7, 11) is 3.90. The van der Waals surface area contributed by atoms with Crippen molar-refractivity contribution in [2.75, 3.05) is 19.0 Å². The third-order valence-corrected chi connectivity index (χ3v) is 4.49. The number of nitrogens with one attached hydrogen (secondary N) is 1. The molecule has 0 atom stereocenters. The van der Waals surface area contributed by atoms with E-state index in [0.29, 0.717) is 22.9 Å². The number of carbonyl (C=O) groups excluding carboxylic acids is 1. The highest BCUT2D eigenvalue weighted by Gasteiger charge is 2.05. The lowest BCUT2D eigenvalue weighted by molar-refractivity contribution is 0.0955. The summed E-state index contributed by atoms with van der Waals surface area (Å²) in [5.41, 5.74) is 5.89. The number of benzene rings is 3. The maximum atomic E-state index is 12.3. The first kappa shape index (κ1) is 20.4. The predicted octanol–water partition coefficient (Wildman–Crippen LogP) is 4.75. The van der Waals surface area contributed by atoms with Gasteiger partial charge in [0.1, 0.15) is 12.4 Å². The summed E-state index contributed by atoms with van der Waals surface area (Å²) in [5, 5.41) is 4.76. The van der Waals surface area contributed by atoms with E-state index in [4.69, 9.17) is 16.3 Å². The highest BCUT2D eigenvalue weighted by Crippen LogP contribution is 2.18. The van der Waals surface area contributed by atoms with Crippen LogP contribution in [0, 0.1) is 0 Å². The van der Waals surface area contributed by atoms with Crippen molar-refractivity contribution in [2.24, 2.45) is 5.10 Å². The molecule has 0 heterocycles. The average Bonchev–Trinajstić information content (AvgIpc) is 2.74. The van der Waals surface area contributed by atoms with Crippen molar-refractivity contribution in [1.82, 2.24) is 5.43 Å². The van der Waals surface area contributed by atoms with Gasteiger partial charge < -0.3 is 9.64 Å². The molecule has 0 radical (unpaired) electrons. The van der Waals surface area contributed by atoms with E-state index >= 15 is 0 Å². The second-order valence-corrected chi connectivity index (χ2v) is 7.03. The second kappa shape index (κ2) is 9.75. The summed E-state index contributed by atoms with van der Waals surface area (Å²) in [5.74, 6) is 0.405. The van der Waals surface area contributed by atoms with Gasteiger partial charge in [0.2, 0.25) is 0 Å². The molecule has 0 bridgehead atoms. The zero-order valence-electron chi connectivity index (χ0n) is 16.3. The third kappa shape index (κ3) is 5.83. The van der Waals surface area contributed by atoms with Crippen LogP contribution in [0.3, 0.4) is 0 Å². The molecule has 3 aromatic rings. The number of rotatable bonds is 7. The molecule has 3 rings (SSSR count). The van der Waals surface area contributed by atoms with Crippen LogP contribution in [-0.4, -0.2) is 26.2 Å². The Kier molecular flexibility index (Phi) is 6.87. The topological polar surface area (TPSA) is 53.9 Å². The van der Waals surface area contributed by atoms with Crippen molar-refractivity contribution in [1.29, 1.82) is 0 Å². The maximum absolute atomic E-state index is 12.3. The SMILES string of the molecule is CN(C)c1ccc(C(=O)NN=Cc2ccccc2OCc2ccc(Cl)cc2)cc1. The number of ether oxygens (including phenoxy) is 1. The first-order valence-corrected chi connectivity index (χ1v) is 9.48. The van der Waals surface area contributed by atoms with E-state index in [-0.39, 0.29) is 5.91 Å². The molecule has 0 aliphatic rings. The van der Waals surface area contributed by atoms with Gasteiger partial charge in [-0.2, -0.15) is 5.10 Å². The normalized spacial score (nSPS) is 10.7. The highest BCUT2D eigenvalue weighted by molar-refractivity contribution is 6.30. The van der Waals surface area contributed by atoms with Crippen molar-refractivity contribution >= 4 is 29.4 Å². The molecule has 0 fully saturated rings. The van der Waals surface area contributed by atoms with E-state index in [1.54, 1.807) is 18.3 Å². The van der Waals surface area contributed by atoms with Gasteiger partial charge in [-0.3, -0.25) is 4.79 Å². The third-order valence-electron chi connectivity index (χ3n) is 4.24. The molecule has 0 saturated heterocycles. The van der Waals surface area contributed by atoms with Crippen molar-refractivity contribution < 1.29 is 9.53 Å². The molecule has 0 aliphatic heterocycles. The standard InChI is InChI=1S/C23H22ClN3O2/c1-27(2)21-13-9-18(10-14-21)23(28)26-25-15-19-5-3-4-6-22(19)29-16-17-7-11-20(24)12-8-17/h3-15H,16H2,1-2H3,(H,26,28). The van der Waals surface area contributed by atoms with Crippen LogP contribution in [0.5, 0.6) is 5.75 Å². The smallest absolute Gasteiger partial charge is 0.271 e. The van der Waals surface area contributed by atoms with Gasteiger partial charge in [0.15, 0.2) is 0 Å². The summed E-state index contributed by atoms with van der Waals surface area (Å²) >= 11 is 5.91. The Labute approximate surface area is 175 Å². The molecule has 6 heteroatoms. The van der Waals surface area contributed by atoms with Crippen LogP contribution in [0.15, 0.2) is 77.9 Å². The van der Waals surface area contributed by atoms with Crippen LogP contribution < -0.4 is 15.1 Å². The summed E-state index contributed by atoms with van der Waals surface area (Å²) in [4.78, 5) is 14.2. The van der Waals surface area contributed by atoms with Gasteiger partial charge in [-0.15, -0.1) is 0 Å². The lowest BCUT2D eigenvalue weighted by atomic mass is 10.2. The molecular formula is C23H22ClN3O2. The first-order chi connectivity index (χ1) is 14.0. The number of carbonyl (C=O) groups is 1. The van der Waals surface area contributed by atoms with Gasteiger partial charge in [0.05, 0.1) is 6.21 Å². The monoisotopic (exact) mass is 407 g/mol. The number of hydrazone groups is 1. The van der Waals surface area contributed by atoms with Gasteiger partial charge in [0.25, 0.3) is 5.91 Å². The minimum Gasteiger partial charge on any atom is -0.488 e. The Balaban J connectivity index is 1.61. The zero-order chi connectivity index (χ0) is 20.6.